The number of pyridine rings is 1. The van der Waals surface area contributed by atoms with Gasteiger partial charge in [0.15, 0.2) is 5.49 Å². The van der Waals surface area contributed by atoms with Crippen LogP contribution in [0.1, 0.15) is 5.56 Å². The van der Waals surface area contributed by atoms with Crippen molar-refractivity contribution >= 4 is 24.1 Å². The predicted octanol–water partition coefficient (Wildman–Crippen LogP) is 0.182. The predicted molar refractivity (Wildman–Crippen MR) is 46.7 cm³/mol. The van der Waals surface area contributed by atoms with Crippen LogP contribution in [0.4, 0.5) is 5.69 Å². The fraction of sp³-hybridized carbons (Fsp3) is 0. The second-order valence-corrected chi connectivity index (χ2v) is 2.69. The van der Waals surface area contributed by atoms with E-state index in [2.05, 4.69) is 15.0 Å². The number of hydrogen-bond acceptors (Lipinski definition) is 3. The molecule has 3 rings (SSSR count). The molecule has 3 nitrogen and oxygen atoms in total. The van der Waals surface area contributed by atoms with Crippen molar-refractivity contribution in [3.8, 4) is 0 Å². The highest BCUT2D eigenvalue weighted by Crippen LogP contribution is 2.15. The summed E-state index contributed by atoms with van der Waals surface area (Å²) in [5, 5.41) is 1.08. The molecule has 0 saturated carbocycles. The van der Waals surface area contributed by atoms with Crippen LogP contribution in [0.3, 0.4) is 0 Å². The van der Waals surface area contributed by atoms with Crippen LogP contribution >= 0.6 is 0 Å². The first-order valence-electron chi connectivity index (χ1n) is 3.73. The lowest BCUT2D eigenvalue weighted by Crippen LogP contribution is -2.14. The highest BCUT2D eigenvalue weighted by molar-refractivity contribution is 5.98. The number of aliphatic imine (C=N–C) groups is 1. The lowest BCUT2D eigenvalue weighted by atomic mass is 10.2. The van der Waals surface area contributed by atoms with E-state index in [4.69, 9.17) is 0 Å². The van der Waals surface area contributed by atoms with E-state index in [-0.39, 0.29) is 0 Å². The molecule has 0 amide bonds. The van der Waals surface area contributed by atoms with E-state index in [9.17, 15) is 0 Å². The Balaban J connectivity index is 2.57. The quantitative estimate of drug-likeness (QED) is 0.526. The summed E-state index contributed by atoms with van der Waals surface area (Å²) in [5.74, 6) is 0. The Kier molecular flexibility index (Phi) is 0.913. The highest BCUT2D eigenvalue weighted by Gasteiger charge is 2.08. The monoisotopic (exact) mass is 155 g/mol. The van der Waals surface area contributed by atoms with Gasteiger partial charge in [-0.3, -0.25) is 4.99 Å². The molecule has 0 N–H and O–H groups in total. The zero-order valence-corrected chi connectivity index (χ0v) is 6.23. The maximum Gasteiger partial charge on any atom is 0.161 e. The third-order valence-electron chi connectivity index (χ3n) is 1.99. The average Bonchev–Trinajstić information content (AvgIpc) is 2.71. The summed E-state index contributed by atoms with van der Waals surface area (Å²) >= 11 is 0. The molecule has 0 fully saturated rings. The Labute approximate surface area is 68.5 Å². The van der Waals surface area contributed by atoms with E-state index < -0.39 is 0 Å². The Morgan fingerprint density at radius 2 is 2.25 bits per heavy atom. The van der Waals surface area contributed by atoms with Gasteiger partial charge in [-0.2, -0.15) is 0 Å². The first kappa shape index (κ1) is 5.83. The molecule has 0 radical (unpaired) electrons. The molecular formula is C9H5N3. The van der Waals surface area contributed by atoms with Gasteiger partial charge in [0.2, 0.25) is 0 Å². The van der Waals surface area contributed by atoms with Crippen LogP contribution in [0.5, 0.6) is 0 Å². The maximum absolute atomic E-state index is 4.24. The highest BCUT2D eigenvalue weighted by atomic mass is 14.9. The van der Waals surface area contributed by atoms with Gasteiger partial charge in [-0.05, 0) is 12.2 Å². The standard InChI is InChI=1S/C9H5N3/c1-3-10-8-6(1)5-12-9-7(8)2-4-11-9/h1-5H. The van der Waals surface area contributed by atoms with Crippen LogP contribution in [0.15, 0.2) is 22.4 Å². The van der Waals surface area contributed by atoms with E-state index in [1.807, 2.05) is 12.2 Å². The average molecular weight is 155 g/mol. The van der Waals surface area contributed by atoms with Crippen molar-refractivity contribution in [2.45, 2.75) is 0 Å². The molecule has 0 unspecified atom stereocenters. The van der Waals surface area contributed by atoms with Gasteiger partial charge in [0.1, 0.15) is 0 Å². The molecule has 2 aliphatic rings. The third kappa shape index (κ3) is 0.580. The van der Waals surface area contributed by atoms with Crippen molar-refractivity contribution in [3.05, 3.63) is 28.7 Å². The summed E-state index contributed by atoms with van der Waals surface area (Å²) in [6.45, 7) is 0. The van der Waals surface area contributed by atoms with Gasteiger partial charge in [-0.1, -0.05) is 0 Å². The topological polar surface area (TPSA) is 37.6 Å². The molecule has 56 valence electrons. The van der Waals surface area contributed by atoms with Crippen LogP contribution in [-0.2, 0) is 0 Å². The van der Waals surface area contributed by atoms with Gasteiger partial charge in [-0.15, -0.1) is 0 Å². The first-order valence-corrected chi connectivity index (χ1v) is 3.73. The van der Waals surface area contributed by atoms with E-state index in [1.54, 1.807) is 18.6 Å². The summed E-state index contributed by atoms with van der Waals surface area (Å²) in [6.07, 6.45) is 9.24. The number of rotatable bonds is 0. The van der Waals surface area contributed by atoms with Gasteiger partial charge in [0.05, 0.1) is 5.69 Å². The Morgan fingerprint density at radius 3 is 3.25 bits per heavy atom. The number of fused-ring (bicyclic) bond motifs is 3. The van der Waals surface area contributed by atoms with Crippen molar-refractivity contribution in [1.82, 2.24) is 4.98 Å². The number of hydrogen-bond donors (Lipinski definition) is 0. The van der Waals surface area contributed by atoms with E-state index in [0.717, 1.165) is 22.0 Å². The molecule has 0 aromatic carbocycles. The Bertz CT molecular complexity index is 474. The van der Waals surface area contributed by atoms with Crippen molar-refractivity contribution in [3.63, 3.8) is 0 Å². The smallest absolute Gasteiger partial charge is 0.161 e. The van der Waals surface area contributed by atoms with Gasteiger partial charge in [0.25, 0.3) is 0 Å². The van der Waals surface area contributed by atoms with Crippen LogP contribution in [-0.4, -0.2) is 11.2 Å². The fourth-order valence-electron chi connectivity index (χ4n) is 1.42. The van der Waals surface area contributed by atoms with Crippen molar-refractivity contribution in [1.29, 1.82) is 0 Å². The van der Waals surface area contributed by atoms with Gasteiger partial charge in [-0.25, -0.2) is 9.98 Å². The number of aromatic nitrogens is 1. The summed E-state index contributed by atoms with van der Waals surface area (Å²) in [4.78, 5) is 12.5. The lowest BCUT2D eigenvalue weighted by Gasteiger charge is -1.93. The minimum atomic E-state index is 0.779. The summed E-state index contributed by atoms with van der Waals surface area (Å²) in [6, 6.07) is 0. The molecule has 0 aliphatic carbocycles. The van der Waals surface area contributed by atoms with E-state index >= 15 is 0 Å². The third-order valence-corrected chi connectivity index (χ3v) is 1.99. The van der Waals surface area contributed by atoms with Crippen molar-refractivity contribution < 1.29 is 0 Å². The molecule has 12 heavy (non-hydrogen) atoms. The molecule has 1 aromatic rings. The minimum absolute atomic E-state index is 0.779. The van der Waals surface area contributed by atoms with Crippen LogP contribution < -0.4 is 10.7 Å². The zero-order valence-electron chi connectivity index (χ0n) is 6.23. The van der Waals surface area contributed by atoms with Gasteiger partial charge >= 0.3 is 0 Å². The minimum Gasteiger partial charge on any atom is -0.255 e. The Hall–Kier alpha value is -1.77. The molecule has 0 bridgehead atoms. The Morgan fingerprint density at radius 1 is 1.25 bits per heavy atom. The molecule has 0 spiro atoms. The van der Waals surface area contributed by atoms with Crippen LogP contribution in [0.25, 0.3) is 12.2 Å². The molecule has 0 atom stereocenters. The number of nitrogens with zero attached hydrogens (tertiary/aromatic N) is 3. The first-order chi connectivity index (χ1) is 5.95. The van der Waals surface area contributed by atoms with Gasteiger partial charge < -0.3 is 0 Å². The van der Waals surface area contributed by atoms with E-state index in [0.29, 0.717) is 0 Å². The zero-order chi connectivity index (χ0) is 7.97. The second-order valence-electron chi connectivity index (χ2n) is 2.69. The summed E-state index contributed by atoms with van der Waals surface area (Å²) in [5.41, 5.74) is 2.82. The lowest BCUT2D eigenvalue weighted by molar-refractivity contribution is 1.14. The second kappa shape index (κ2) is 1.88. The maximum atomic E-state index is 4.24. The fourth-order valence-corrected chi connectivity index (χ4v) is 1.42. The van der Waals surface area contributed by atoms with Crippen molar-refractivity contribution in [2.24, 2.45) is 9.98 Å². The SMILES string of the molecule is C1=Cc2c3c(cnc2=N1)=CC=N3. The molecule has 1 aromatic heterocycles. The summed E-state index contributed by atoms with van der Waals surface area (Å²) < 4.78 is 0. The van der Waals surface area contributed by atoms with Gasteiger partial charge in [0, 0.05) is 29.4 Å². The molecule has 0 saturated heterocycles. The molecular weight excluding hydrogens is 150 g/mol. The molecule has 3 heteroatoms. The van der Waals surface area contributed by atoms with E-state index in [1.165, 1.54) is 0 Å². The summed E-state index contributed by atoms with van der Waals surface area (Å²) in [7, 11) is 0. The largest absolute Gasteiger partial charge is 0.255 e. The molecule has 3 heterocycles. The normalized spacial score (nSPS) is 15.3. The van der Waals surface area contributed by atoms with Crippen molar-refractivity contribution in [2.75, 3.05) is 0 Å². The van der Waals surface area contributed by atoms with Crippen LogP contribution in [0.2, 0.25) is 0 Å². The molecule has 2 aliphatic heterocycles. The van der Waals surface area contributed by atoms with Crippen LogP contribution in [0, 0.1) is 0 Å².